The molecule has 1 N–H and O–H groups in total. The number of piperidine rings is 2. The van der Waals surface area contributed by atoms with E-state index < -0.39 is 5.60 Å². The molecule has 0 amide bonds. The summed E-state index contributed by atoms with van der Waals surface area (Å²) in [6.45, 7) is 0.601. The number of nitrogens with zero attached hydrogens (tertiary/aromatic N) is 1. The van der Waals surface area contributed by atoms with Gasteiger partial charge in [0, 0.05) is 18.5 Å². The molecular weight excluding hydrogens is 250 g/mol. The van der Waals surface area contributed by atoms with Gasteiger partial charge in [-0.1, -0.05) is 24.6 Å². The van der Waals surface area contributed by atoms with Crippen molar-refractivity contribution in [2.75, 3.05) is 13.7 Å². The lowest BCUT2D eigenvalue weighted by atomic mass is 9.74. The molecular formula is C17H25NO2. The first-order valence-electron chi connectivity index (χ1n) is 7.78. The van der Waals surface area contributed by atoms with Crippen molar-refractivity contribution in [2.45, 2.75) is 56.2 Å². The molecule has 0 radical (unpaired) electrons. The Balaban J connectivity index is 1.54. The summed E-state index contributed by atoms with van der Waals surface area (Å²) in [6, 6.07) is 11.0. The molecule has 2 atom stereocenters. The number of benzene rings is 1. The molecule has 2 fully saturated rings. The third kappa shape index (κ3) is 2.99. The van der Waals surface area contributed by atoms with Crippen molar-refractivity contribution in [3.05, 3.63) is 30.3 Å². The van der Waals surface area contributed by atoms with Crippen molar-refractivity contribution < 1.29 is 9.84 Å². The van der Waals surface area contributed by atoms with E-state index in [4.69, 9.17) is 4.74 Å². The summed E-state index contributed by atoms with van der Waals surface area (Å²) in [5.41, 5.74) is -0.531. The second-order valence-corrected chi connectivity index (χ2v) is 6.45. The summed E-state index contributed by atoms with van der Waals surface area (Å²) in [6.07, 6.45) is 6.32. The summed E-state index contributed by atoms with van der Waals surface area (Å²) >= 11 is 0. The van der Waals surface area contributed by atoms with Crippen LogP contribution in [0.2, 0.25) is 0 Å². The highest BCUT2D eigenvalue weighted by atomic mass is 16.5. The van der Waals surface area contributed by atoms with Gasteiger partial charge in [0.2, 0.25) is 0 Å². The van der Waals surface area contributed by atoms with Crippen LogP contribution >= 0.6 is 0 Å². The van der Waals surface area contributed by atoms with Crippen LogP contribution in [0.1, 0.15) is 38.5 Å². The zero-order chi connectivity index (χ0) is 14.0. The molecule has 2 aliphatic rings. The smallest absolute Gasteiger partial charge is 0.119 e. The Kier molecular flexibility index (Phi) is 3.99. The number of aliphatic hydroxyl groups is 1. The van der Waals surface area contributed by atoms with Crippen molar-refractivity contribution in [3.8, 4) is 5.75 Å². The molecule has 3 nitrogen and oxygen atoms in total. The number of fused-ring (bicyclic) bond motifs is 2. The molecule has 2 saturated heterocycles. The molecule has 20 heavy (non-hydrogen) atoms. The van der Waals surface area contributed by atoms with Crippen molar-refractivity contribution in [1.29, 1.82) is 0 Å². The van der Waals surface area contributed by atoms with Crippen LogP contribution in [0.15, 0.2) is 30.3 Å². The Hall–Kier alpha value is -1.06. The van der Waals surface area contributed by atoms with Crippen molar-refractivity contribution in [1.82, 2.24) is 4.90 Å². The van der Waals surface area contributed by atoms with Crippen LogP contribution in [-0.4, -0.2) is 41.3 Å². The summed E-state index contributed by atoms with van der Waals surface area (Å²) in [5.74, 6) is 0.893. The van der Waals surface area contributed by atoms with Gasteiger partial charge in [0.05, 0.1) is 12.2 Å². The van der Waals surface area contributed by atoms with E-state index in [1.165, 1.54) is 19.3 Å². The monoisotopic (exact) mass is 275 g/mol. The molecule has 3 heteroatoms. The molecule has 2 bridgehead atoms. The SMILES string of the molecule is CN1C2CCCC1CC(O)(CCOc1ccccc1)C2. The average molecular weight is 275 g/mol. The lowest BCUT2D eigenvalue weighted by Gasteiger charge is -2.50. The Bertz CT molecular complexity index is 420. The largest absolute Gasteiger partial charge is 0.493 e. The van der Waals surface area contributed by atoms with Gasteiger partial charge in [0.15, 0.2) is 0 Å². The van der Waals surface area contributed by atoms with Crippen molar-refractivity contribution >= 4 is 0 Å². The molecule has 2 aliphatic heterocycles. The number of hydrogen-bond acceptors (Lipinski definition) is 3. The van der Waals surface area contributed by atoms with Crippen LogP contribution in [0, 0.1) is 0 Å². The maximum atomic E-state index is 10.9. The predicted molar refractivity (Wildman–Crippen MR) is 79.9 cm³/mol. The normalized spacial score (nSPS) is 33.9. The fourth-order valence-corrected chi connectivity index (χ4v) is 3.83. The highest BCUT2D eigenvalue weighted by Gasteiger charge is 2.43. The molecule has 0 saturated carbocycles. The maximum Gasteiger partial charge on any atom is 0.119 e. The molecule has 0 aromatic heterocycles. The first-order valence-corrected chi connectivity index (χ1v) is 7.78. The lowest BCUT2D eigenvalue weighted by Crippen LogP contribution is -2.56. The average Bonchev–Trinajstić information content (AvgIpc) is 2.42. The summed E-state index contributed by atoms with van der Waals surface area (Å²) in [7, 11) is 2.22. The second kappa shape index (κ2) is 5.74. The predicted octanol–water partition coefficient (Wildman–Crippen LogP) is 2.83. The topological polar surface area (TPSA) is 32.7 Å². The highest BCUT2D eigenvalue weighted by Crippen LogP contribution is 2.39. The van der Waals surface area contributed by atoms with Gasteiger partial charge in [-0.15, -0.1) is 0 Å². The first kappa shape index (κ1) is 13.9. The van der Waals surface area contributed by atoms with E-state index >= 15 is 0 Å². The number of hydrogen-bond donors (Lipinski definition) is 1. The van der Waals surface area contributed by atoms with E-state index in [2.05, 4.69) is 11.9 Å². The minimum Gasteiger partial charge on any atom is -0.493 e. The van der Waals surface area contributed by atoms with Gasteiger partial charge < -0.3 is 14.7 Å². The molecule has 110 valence electrons. The number of rotatable bonds is 4. The molecule has 1 aromatic rings. The zero-order valence-corrected chi connectivity index (χ0v) is 12.3. The minimum absolute atomic E-state index is 0.531. The molecule has 1 aromatic carbocycles. The fourth-order valence-electron chi connectivity index (χ4n) is 3.83. The van der Waals surface area contributed by atoms with Crippen molar-refractivity contribution in [2.24, 2.45) is 0 Å². The minimum atomic E-state index is -0.531. The Morgan fingerprint density at radius 3 is 2.50 bits per heavy atom. The Morgan fingerprint density at radius 2 is 1.85 bits per heavy atom. The van der Waals surface area contributed by atoms with E-state index in [-0.39, 0.29) is 0 Å². The van der Waals surface area contributed by atoms with Crippen LogP contribution in [0.4, 0.5) is 0 Å². The Labute approximate surface area is 121 Å². The van der Waals surface area contributed by atoms with E-state index in [0.717, 1.165) is 25.0 Å². The van der Waals surface area contributed by atoms with E-state index in [0.29, 0.717) is 18.7 Å². The third-order valence-corrected chi connectivity index (χ3v) is 5.04. The van der Waals surface area contributed by atoms with E-state index in [1.54, 1.807) is 0 Å². The maximum absolute atomic E-state index is 10.9. The van der Waals surface area contributed by atoms with E-state index in [9.17, 15) is 5.11 Å². The number of para-hydroxylation sites is 1. The van der Waals surface area contributed by atoms with Gasteiger partial charge >= 0.3 is 0 Å². The standard InChI is InChI=1S/C17H25NO2/c1-18-14-6-5-7-15(18)13-17(19,12-14)10-11-20-16-8-3-2-4-9-16/h2-4,8-9,14-15,19H,5-7,10-13H2,1H3. The van der Waals surface area contributed by atoms with Gasteiger partial charge in [0.1, 0.15) is 5.75 Å². The van der Waals surface area contributed by atoms with Crippen LogP contribution in [0.5, 0.6) is 5.75 Å². The molecule has 0 aliphatic carbocycles. The summed E-state index contributed by atoms with van der Waals surface area (Å²) in [5, 5.41) is 10.9. The van der Waals surface area contributed by atoms with Gasteiger partial charge in [-0.05, 0) is 44.9 Å². The zero-order valence-electron chi connectivity index (χ0n) is 12.3. The van der Waals surface area contributed by atoms with Crippen LogP contribution in [-0.2, 0) is 0 Å². The van der Waals surface area contributed by atoms with Crippen LogP contribution in [0.3, 0.4) is 0 Å². The van der Waals surface area contributed by atoms with Gasteiger partial charge in [-0.25, -0.2) is 0 Å². The van der Waals surface area contributed by atoms with Gasteiger partial charge in [0.25, 0.3) is 0 Å². The third-order valence-electron chi connectivity index (χ3n) is 5.04. The summed E-state index contributed by atoms with van der Waals surface area (Å²) < 4.78 is 5.75. The van der Waals surface area contributed by atoms with Crippen molar-refractivity contribution in [3.63, 3.8) is 0 Å². The fraction of sp³-hybridized carbons (Fsp3) is 0.647. The van der Waals surface area contributed by atoms with Gasteiger partial charge in [-0.2, -0.15) is 0 Å². The second-order valence-electron chi connectivity index (χ2n) is 6.45. The number of ether oxygens (including phenoxy) is 1. The van der Waals surface area contributed by atoms with Gasteiger partial charge in [-0.3, -0.25) is 0 Å². The molecule has 2 unspecified atom stereocenters. The molecule has 2 heterocycles. The van der Waals surface area contributed by atoms with Crippen LogP contribution in [0.25, 0.3) is 0 Å². The molecule has 3 rings (SSSR count). The Morgan fingerprint density at radius 1 is 1.20 bits per heavy atom. The van der Waals surface area contributed by atoms with Crippen LogP contribution < -0.4 is 4.74 Å². The highest BCUT2D eigenvalue weighted by molar-refractivity contribution is 5.20. The summed E-state index contributed by atoms with van der Waals surface area (Å²) in [4.78, 5) is 2.48. The molecule has 0 spiro atoms. The van der Waals surface area contributed by atoms with E-state index in [1.807, 2.05) is 30.3 Å². The lowest BCUT2D eigenvalue weighted by molar-refractivity contribution is -0.0912. The first-order chi connectivity index (χ1) is 9.66. The quantitative estimate of drug-likeness (QED) is 0.917.